The van der Waals surface area contributed by atoms with Crippen molar-refractivity contribution in [2.24, 2.45) is 7.05 Å². The fraction of sp³-hybridized carbons (Fsp3) is 0.231. The van der Waals surface area contributed by atoms with Crippen molar-refractivity contribution in [3.63, 3.8) is 0 Å². The predicted molar refractivity (Wildman–Crippen MR) is 66.4 cm³/mol. The van der Waals surface area contributed by atoms with Crippen LogP contribution in [-0.2, 0) is 7.05 Å². The van der Waals surface area contributed by atoms with Crippen molar-refractivity contribution >= 4 is 5.69 Å². The third-order valence-electron chi connectivity index (χ3n) is 2.70. The van der Waals surface area contributed by atoms with Gasteiger partial charge in [0, 0.05) is 18.8 Å². The first-order chi connectivity index (χ1) is 8.60. The number of rotatable bonds is 3. The summed E-state index contributed by atoms with van der Waals surface area (Å²) < 4.78 is 14.7. The van der Waals surface area contributed by atoms with Gasteiger partial charge in [0.05, 0.1) is 23.5 Å². The molecule has 4 nitrogen and oxygen atoms in total. The Balaban J connectivity index is 2.22. The van der Waals surface area contributed by atoms with Gasteiger partial charge in [-0.05, 0) is 25.1 Å². The maximum atomic E-state index is 13.0. The number of benzene rings is 1. The number of hydrogen-bond donors (Lipinski definition) is 1. The van der Waals surface area contributed by atoms with E-state index in [4.69, 9.17) is 5.26 Å². The van der Waals surface area contributed by atoms with E-state index in [0.29, 0.717) is 11.3 Å². The lowest BCUT2D eigenvalue weighted by atomic mass is 10.1. The highest BCUT2D eigenvalue weighted by atomic mass is 19.1. The third kappa shape index (κ3) is 2.48. The average Bonchev–Trinajstić information content (AvgIpc) is 2.78. The zero-order chi connectivity index (χ0) is 13.1. The second-order valence-corrected chi connectivity index (χ2v) is 4.12. The molecule has 0 fully saturated rings. The highest BCUT2D eigenvalue weighted by Gasteiger charge is 2.10. The summed E-state index contributed by atoms with van der Waals surface area (Å²) in [7, 11) is 1.84. The van der Waals surface area contributed by atoms with Gasteiger partial charge < -0.3 is 5.32 Å². The molecule has 0 aliphatic rings. The molecule has 0 spiro atoms. The molecule has 2 rings (SSSR count). The molecule has 0 radical (unpaired) electrons. The lowest BCUT2D eigenvalue weighted by molar-refractivity contribution is 0.627. The molecule has 1 N–H and O–H groups in total. The van der Waals surface area contributed by atoms with Crippen LogP contribution in [-0.4, -0.2) is 9.78 Å². The molecular formula is C13H13FN4. The number of nitriles is 1. The van der Waals surface area contributed by atoms with Gasteiger partial charge in [0.25, 0.3) is 0 Å². The molecule has 1 aromatic heterocycles. The summed E-state index contributed by atoms with van der Waals surface area (Å²) in [6.07, 6.45) is 3.65. The Morgan fingerprint density at radius 2 is 2.28 bits per heavy atom. The Labute approximate surface area is 105 Å². The van der Waals surface area contributed by atoms with Crippen molar-refractivity contribution in [1.29, 1.82) is 5.26 Å². The standard InChI is InChI=1S/C13H13FN4/c1-9(11-7-16-18(2)8-11)17-13-4-3-12(14)5-10(13)6-15/h3-5,7-9,17H,1-2H3. The SMILES string of the molecule is CC(Nc1ccc(F)cc1C#N)c1cnn(C)c1. The summed E-state index contributed by atoms with van der Waals surface area (Å²) in [6, 6.07) is 6.09. The molecule has 18 heavy (non-hydrogen) atoms. The van der Waals surface area contributed by atoms with Crippen LogP contribution < -0.4 is 5.32 Å². The highest BCUT2D eigenvalue weighted by molar-refractivity contribution is 5.58. The minimum Gasteiger partial charge on any atom is -0.377 e. The summed E-state index contributed by atoms with van der Waals surface area (Å²) in [5.74, 6) is -0.411. The molecule has 0 aliphatic heterocycles. The molecule has 1 atom stereocenters. The van der Waals surface area contributed by atoms with Crippen LogP contribution in [0.15, 0.2) is 30.6 Å². The van der Waals surface area contributed by atoms with Gasteiger partial charge in [-0.15, -0.1) is 0 Å². The van der Waals surface area contributed by atoms with Crippen molar-refractivity contribution < 1.29 is 4.39 Å². The summed E-state index contributed by atoms with van der Waals surface area (Å²) in [4.78, 5) is 0. The molecule has 0 aliphatic carbocycles. The normalized spacial score (nSPS) is 11.9. The molecule has 2 aromatic rings. The van der Waals surface area contributed by atoms with Gasteiger partial charge in [0.1, 0.15) is 11.9 Å². The summed E-state index contributed by atoms with van der Waals surface area (Å²) in [5, 5.41) is 16.2. The monoisotopic (exact) mass is 244 g/mol. The van der Waals surface area contributed by atoms with Gasteiger partial charge in [-0.25, -0.2) is 4.39 Å². The van der Waals surface area contributed by atoms with Crippen LogP contribution >= 0.6 is 0 Å². The molecule has 1 heterocycles. The third-order valence-corrected chi connectivity index (χ3v) is 2.70. The van der Waals surface area contributed by atoms with Crippen LogP contribution in [0.2, 0.25) is 0 Å². The summed E-state index contributed by atoms with van der Waals surface area (Å²) in [6.45, 7) is 1.96. The number of nitrogens with zero attached hydrogens (tertiary/aromatic N) is 3. The number of anilines is 1. The first kappa shape index (κ1) is 12.1. The van der Waals surface area contributed by atoms with Crippen molar-refractivity contribution in [2.75, 3.05) is 5.32 Å². The topological polar surface area (TPSA) is 53.6 Å². The van der Waals surface area contributed by atoms with Crippen LogP contribution in [0.4, 0.5) is 10.1 Å². The Morgan fingerprint density at radius 3 is 2.89 bits per heavy atom. The minimum atomic E-state index is -0.411. The van der Waals surface area contributed by atoms with E-state index < -0.39 is 5.82 Å². The minimum absolute atomic E-state index is 0.00346. The van der Waals surface area contributed by atoms with Gasteiger partial charge in [0.15, 0.2) is 0 Å². The largest absolute Gasteiger partial charge is 0.377 e. The second-order valence-electron chi connectivity index (χ2n) is 4.12. The molecule has 0 amide bonds. The molecule has 1 aromatic carbocycles. The van der Waals surface area contributed by atoms with E-state index >= 15 is 0 Å². The van der Waals surface area contributed by atoms with Crippen LogP contribution in [0.5, 0.6) is 0 Å². The van der Waals surface area contributed by atoms with E-state index in [1.165, 1.54) is 12.1 Å². The van der Waals surface area contributed by atoms with Crippen molar-refractivity contribution in [2.45, 2.75) is 13.0 Å². The molecule has 0 saturated heterocycles. The number of aromatic nitrogens is 2. The number of nitrogens with one attached hydrogen (secondary N) is 1. The maximum Gasteiger partial charge on any atom is 0.124 e. The fourth-order valence-corrected chi connectivity index (χ4v) is 1.72. The van der Waals surface area contributed by atoms with Crippen molar-refractivity contribution in [3.05, 3.63) is 47.5 Å². The van der Waals surface area contributed by atoms with E-state index in [-0.39, 0.29) is 6.04 Å². The summed E-state index contributed by atoms with van der Waals surface area (Å²) >= 11 is 0. The number of hydrogen-bond acceptors (Lipinski definition) is 3. The molecule has 5 heteroatoms. The van der Waals surface area contributed by atoms with Gasteiger partial charge >= 0.3 is 0 Å². The average molecular weight is 244 g/mol. The molecule has 92 valence electrons. The van der Waals surface area contributed by atoms with E-state index in [9.17, 15) is 4.39 Å². The molecule has 1 unspecified atom stereocenters. The van der Waals surface area contributed by atoms with E-state index in [2.05, 4.69) is 10.4 Å². The zero-order valence-corrected chi connectivity index (χ0v) is 10.2. The number of halogens is 1. The predicted octanol–water partition coefficient (Wildman–Crippen LogP) is 2.60. The highest BCUT2D eigenvalue weighted by Crippen LogP contribution is 2.22. The molecule has 0 bridgehead atoms. The molecular weight excluding hydrogens is 231 g/mol. The lowest BCUT2D eigenvalue weighted by Gasteiger charge is -2.14. The smallest absolute Gasteiger partial charge is 0.124 e. The maximum absolute atomic E-state index is 13.0. The van der Waals surface area contributed by atoms with Crippen LogP contribution in [0, 0.1) is 17.1 Å². The Kier molecular flexibility index (Phi) is 3.28. The van der Waals surface area contributed by atoms with Crippen LogP contribution in [0.1, 0.15) is 24.1 Å². The van der Waals surface area contributed by atoms with Gasteiger partial charge in [-0.1, -0.05) is 0 Å². The Hall–Kier alpha value is -2.35. The van der Waals surface area contributed by atoms with Gasteiger partial charge in [0.2, 0.25) is 0 Å². The first-order valence-corrected chi connectivity index (χ1v) is 5.55. The van der Waals surface area contributed by atoms with Crippen molar-refractivity contribution in [1.82, 2.24) is 9.78 Å². The first-order valence-electron chi connectivity index (χ1n) is 5.55. The zero-order valence-electron chi connectivity index (χ0n) is 10.2. The van der Waals surface area contributed by atoms with Crippen molar-refractivity contribution in [3.8, 4) is 6.07 Å². The van der Waals surface area contributed by atoms with E-state index in [1.807, 2.05) is 26.2 Å². The van der Waals surface area contributed by atoms with E-state index in [0.717, 1.165) is 5.56 Å². The van der Waals surface area contributed by atoms with Gasteiger partial charge in [-0.3, -0.25) is 4.68 Å². The lowest BCUT2D eigenvalue weighted by Crippen LogP contribution is -2.07. The van der Waals surface area contributed by atoms with Crippen LogP contribution in [0.25, 0.3) is 0 Å². The second kappa shape index (κ2) is 4.88. The number of aryl methyl sites for hydroxylation is 1. The molecule has 0 saturated carbocycles. The Bertz CT molecular complexity index is 597. The van der Waals surface area contributed by atoms with Gasteiger partial charge in [-0.2, -0.15) is 10.4 Å². The van der Waals surface area contributed by atoms with Crippen LogP contribution in [0.3, 0.4) is 0 Å². The Morgan fingerprint density at radius 1 is 1.50 bits per heavy atom. The summed E-state index contributed by atoms with van der Waals surface area (Å²) in [5.41, 5.74) is 1.92. The quantitative estimate of drug-likeness (QED) is 0.902. The van der Waals surface area contributed by atoms with E-state index in [1.54, 1.807) is 16.9 Å². The fourth-order valence-electron chi connectivity index (χ4n) is 1.72.